The Morgan fingerprint density at radius 2 is 2.27 bits per heavy atom. The second-order valence-electron chi connectivity index (χ2n) is 3.98. The van der Waals surface area contributed by atoms with Crippen LogP contribution in [0.2, 0.25) is 0 Å². The highest BCUT2D eigenvalue weighted by atomic mass is 16.3. The summed E-state index contributed by atoms with van der Waals surface area (Å²) < 4.78 is 0. The molecule has 0 bridgehead atoms. The maximum Gasteiger partial charge on any atom is 0.0869 e. The first-order valence-electron chi connectivity index (χ1n) is 4.14. The Labute approximate surface area is 68.4 Å². The minimum Gasteiger partial charge on any atom is -0.388 e. The van der Waals surface area contributed by atoms with Gasteiger partial charge < -0.3 is 15.3 Å². The second-order valence-corrected chi connectivity index (χ2v) is 3.98. The van der Waals surface area contributed by atoms with Crippen LogP contribution in [0.1, 0.15) is 13.8 Å². The molecule has 0 aliphatic carbocycles. The Hall–Kier alpha value is -0.120. The van der Waals surface area contributed by atoms with E-state index < -0.39 is 5.60 Å². The van der Waals surface area contributed by atoms with Crippen LogP contribution in [-0.2, 0) is 0 Å². The topological polar surface area (TPSA) is 35.5 Å². The van der Waals surface area contributed by atoms with Crippen molar-refractivity contribution in [3.63, 3.8) is 0 Å². The van der Waals surface area contributed by atoms with Gasteiger partial charge in [-0.25, -0.2) is 0 Å². The lowest BCUT2D eigenvalue weighted by atomic mass is 10.1. The molecule has 1 saturated heterocycles. The van der Waals surface area contributed by atoms with Crippen LogP contribution < -0.4 is 5.32 Å². The number of hydrogen-bond acceptors (Lipinski definition) is 3. The zero-order valence-corrected chi connectivity index (χ0v) is 7.59. The first kappa shape index (κ1) is 8.97. The average Bonchev–Trinajstić information content (AvgIpc) is 1.90. The van der Waals surface area contributed by atoms with Crippen LogP contribution in [0.3, 0.4) is 0 Å². The molecule has 11 heavy (non-hydrogen) atoms. The summed E-state index contributed by atoms with van der Waals surface area (Å²) >= 11 is 0. The van der Waals surface area contributed by atoms with Crippen molar-refractivity contribution in [2.45, 2.75) is 25.5 Å². The molecule has 2 unspecified atom stereocenters. The van der Waals surface area contributed by atoms with Crippen molar-refractivity contribution >= 4 is 0 Å². The van der Waals surface area contributed by atoms with Gasteiger partial charge in [-0.3, -0.25) is 0 Å². The first-order chi connectivity index (χ1) is 4.99. The summed E-state index contributed by atoms with van der Waals surface area (Å²) in [6.45, 7) is 6.46. The van der Waals surface area contributed by atoms with Crippen molar-refractivity contribution in [2.75, 3.05) is 26.7 Å². The molecular formula is C8H18N2O. The summed E-state index contributed by atoms with van der Waals surface area (Å²) in [6, 6.07) is 0.481. The number of nitrogens with one attached hydrogen (secondary N) is 1. The van der Waals surface area contributed by atoms with Crippen LogP contribution in [0, 0.1) is 0 Å². The molecule has 0 spiro atoms. The number of likely N-dealkylation sites (N-methyl/N-ethyl adjacent to an activating group) is 1. The molecule has 0 aromatic rings. The van der Waals surface area contributed by atoms with E-state index in [-0.39, 0.29) is 0 Å². The molecule has 1 rings (SSSR count). The molecule has 1 fully saturated rings. The van der Waals surface area contributed by atoms with Gasteiger partial charge in [-0.15, -0.1) is 0 Å². The smallest absolute Gasteiger partial charge is 0.0869 e. The molecule has 2 N–H and O–H groups in total. The third kappa shape index (κ3) is 2.77. The van der Waals surface area contributed by atoms with Crippen molar-refractivity contribution in [1.82, 2.24) is 10.2 Å². The number of hydrogen-bond donors (Lipinski definition) is 2. The summed E-state index contributed by atoms with van der Waals surface area (Å²) in [4.78, 5) is 2.16. The Morgan fingerprint density at radius 3 is 2.91 bits per heavy atom. The molecule has 0 aromatic carbocycles. The van der Waals surface area contributed by atoms with Crippen molar-refractivity contribution < 1.29 is 5.11 Å². The molecule has 66 valence electrons. The van der Waals surface area contributed by atoms with Crippen LogP contribution in [0.15, 0.2) is 0 Å². The van der Waals surface area contributed by atoms with Crippen LogP contribution in [0.4, 0.5) is 0 Å². The molecule has 1 aliphatic rings. The molecule has 1 heterocycles. The molecular weight excluding hydrogens is 140 g/mol. The minimum atomic E-state index is -0.570. The van der Waals surface area contributed by atoms with Gasteiger partial charge in [0, 0.05) is 25.7 Å². The minimum absolute atomic E-state index is 0.481. The molecule has 2 atom stereocenters. The van der Waals surface area contributed by atoms with Crippen molar-refractivity contribution in [3.05, 3.63) is 0 Å². The van der Waals surface area contributed by atoms with Gasteiger partial charge in [-0.1, -0.05) is 0 Å². The molecule has 3 heteroatoms. The third-order valence-corrected chi connectivity index (χ3v) is 2.03. The average molecular weight is 158 g/mol. The standard InChI is InChI=1S/C8H18N2O/c1-7-4-10(3)6-8(2,11)5-9-7/h7,9,11H,4-6H2,1-3H3. The van der Waals surface area contributed by atoms with Crippen molar-refractivity contribution in [3.8, 4) is 0 Å². The zero-order chi connectivity index (χ0) is 8.48. The Balaban J connectivity index is 2.53. The lowest BCUT2D eigenvalue weighted by molar-refractivity contribution is 0.0409. The zero-order valence-electron chi connectivity index (χ0n) is 7.59. The lowest BCUT2D eigenvalue weighted by Gasteiger charge is -2.24. The first-order valence-corrected chi connectivity index (χ1v) is 4.14. The Bertz CT molecular complexity index is 136. The number of nitrogens with zero attached hydrogens (tertiary/aromatic N) is 1. The molecule has 0 radical (unpaired) electrons. The largest absolute Gasteiger partial charge is 0.388 e. The van der Waals surface area contributed by atoms with Gasteiger partial charge in [0.15, 0.2) is 0 Å². The van der Waals surface area contributed by atoms with E-state index in [4.69, 9.17) is 0 Å². The summed E-state index contributed by atoms with van der Waals surface area (Å²) in [5.41, 5.74) is -0.570. The number of aliphatic hydroxyl groups is 1. The molecule has 0 aromatic heterocycles. The SMILES string of the molecule is CC1CN(C)CC(C)(O)CN1. The van der Waals surface area contributed by atoms with Crippen LogP contribution in [0.25, 0.3) is 0 Å². The van der Waals surface area contributed by atoms with Gasteiger partial charge in [0.05, 0.1) is 5.60 Å². The predicted molar refractivity (Wildman–Crippen MR) is 45.6 cm³/mol. The van der Waals surface area contributed by atoms with Crippen LogP contribution in [0.5, 0.6) is 0 Å². The maximum atomic E-state index is 9.74. The van der Waals surface area contributed by atoms with E-state index in [9.17, 15) is 5.11 Å². The molecule has 0 saturated carbocycles. The fourth-order valence-corrected chi connectivity index (χ4v) is 1.63. The molecule has 0 amide bonds. The third-order valence-electron chi connectivity index (χ3n) is 2.03. The highest BCUT2D eigenvalue weighted by molar-refractivity contribution is 4.85. The number of rotatable bonds is 0. The summed E-state index contributed by atoms with van der Waals surface area (Å²) in [5, 5.41) is 13.0. The van der Waals surface area contributed by atoms with E-state index in [1.54, 1.807) is 0 Å². The van der Waals surface area contributed by atoms with Gasteiger partial charge in [-0.2, -0.15) is 0 Å². The van der Waals surface area contributed by atoms with E-state index in [1.165, 1.54) is 0 Å². The maximum absolute atomic E-state index is 9.74. The summed E-state index contributed by atoms with van der Waals surface area (Å²) in [7, 11) is 2.04. The van der Waals surface area contributed by atoms with E-state index in [0.29, 0.717) is 12.6 Å². The predicted octanol–water partition coefficient (Wildman–Crippen LogP) is -0.339. The van der Waals surface area contributed by atoms with Crippen LogP contribution >= 0.6 is 0 Å². The van der Waals surface area contributed by atoms with E-state index in [2.05, 4.69) is 17.1 Å². The van der Waals surface area contributed by atoms with Crippen molar-refractivity contribution in [2.24, 2.45) is 0 Å². The van der Waals surface area contributed by atoms with E-state index in [0.717, 1.165) is 13.1 Å². The highest BCUT2D eigenvalue weighted by Crippen LogP contribution is 2.08. The van der Waals surface area contributed by atoms with Gasteiger partial charge >= 0.3 is 0 Å². The van der Waals surface area contributed by atoms with Gasteiger partial charge in [0.25, 0.3) is 0 Å². The van der Waals surface area contributed by atoms with Crippen LogP contribution in [-0.4, -0.2) is 48.3 Å². The second kappa shape index (κ2) is 3.09. The van der Waals surface area contributed by atoms with Gasteiger partial charge in [0.1, 0.15) is 0 Å². The quantitative estimate of drug-likeness (QED) is 0.506. The molecule has 3 nitrogen and oxygen atoms in total. The Morgan fingerprint density at radius 1 is 1.64 bits per heavy atom. The van der Waals surface area contributed by atoms with E-state index >= 15 is 0 Å². The Kier molecular flexibility index (Phi) is 2.52. The van der Waals surface area contributed by atoms with Gasteiger partial charge in [-0.05, 0) is 20.9 Å². The van der Waals surface area contributed by atoms with E-state index in [1.807, 2.05) is 14.0 Å². The summed E-state index contributed by atoms with van der Waals surface area (Å²) in [5.74, 6) is 0. The van der Waals surface area contributed by atoms with Crippen molar-refractivity contribution in [1.29, 1.82) is 0 Å². The van der Waals surface area contributed by atoms with Gasteiger partial charge in [0.2, 0.25) is 0 Å². The fraction of sp³-hybridized carbons (Fsp3) is 1.00. The summed E-state index contributed by atoms with van der Waals surface area (Å²) in [6.07, 6.45) is 0. The normalized spacial score (nSPS) is 42.0. The fourth-order valence-electron chi connectivity index (χ4n) is 1.63. The molecule has 1 aliphatic heterocycles. The highest BCUT2D eigenvalue weighted by Gasteiger charge is 2.26. The monoisotopic (exact) mass is 158 g/mol. The lowest BCUT2D eigenvalue weighted by Crippen LogP contribution is -2.42. The number of β-amino-alcohol motifs (C(OH)–C–C–N with tert-alkyl or cyclic N) is 1.